The third-order valence-electron chi connectivity index (χ3n) is 4.12. The number of para-hydroxylation sites is 1. The van der Waals surface area contributed by atoms with Crippen LogP contribution in [-0.2, 0) is 17.1 Å². The number of piperazine rings is 1. The summed E-state index contributed by atoms with van der Waals surface area (Å²) in [5.41, 5.74) is 1.69. The van der Waals surface area contributed by atoms with Gasteiger partial charge in [-0.1, -0.05) is 18.2 Å². The van der Waals surface area contributed by atoms with Gasteiger partial charge in [-0.3, -0.25) is 4.79 Å². The van der Waals surface area contributed by atoms with Gasteiger partial charge in [-0.05, 0) is 6.07 Å². The zero-order valence-corrected chi connectivity index (χ0v) is 13.5. The molecule has 1 amide bonds. The number of carbonyl (C=O) groups is 1. The first kappa shape index (κ1) is 15.1. The molecule has 0 bridgehead atoms. The zero-order chi connectivity index (χ0) is 15.9. The van der Waals surface area contributed by atoms with E-state index in [2.05, 4.69) is 0 Å². The predicted molar refractivity (Wildman–Crippen MR) is 85.2 cm³/mol. The van der Waals surface area contributed by atoms with E-state index in [-0.39, 0.29) is 5.91 Å². The first-order valence-electron chi connectivity index (χ1n) is 7.16. The Hall–Kier alpha value is -1.86. The van der Waals surface area contributed by atoms with E-state index < -0.39 is 10.0 Å². The van der Waals surface area contributed by atoms with E-state index in [1.54, 1.807) is 4.90 Å². The molecule has 6 nitrogen and oxygen atoms in total. The van der Waals surface area contributed by atoms with Crippen LogP contribution in [0, 0.1) is 0 Å². The normalized spacial score (nSPS) is 17.1. The molecule has 0 spiro atoms. The van der Waals surface area contributed by atoms with Gasteiger partial charge in [-0.25, -0.2) is 8.42 Å². The monoisotopic (exact) mass is 321 g/mol. The van der Waals surface area contributed by atoms with Gasteiger partial charge in [-0.15, -0.1) is 0 Å². The molecule has 0 atom stereocenters. The molecule has 3 rings (SSSR count). The highest BCUT2D eigenvalue weighted by molar-refractivity contribution is 7.88. The zero-order valence-electron chi connectivity index (χ0n) is 12.7. The SMILES string of the molecule is Cn1cc(C(=O)N2CCN(S(C)(=O)=O)CC2)c2ccccc21. The highest BCUT2D eigenvalue weighted by Crippen LogP contribution is 2.22. The highest BCUT2D eigenvalue weighted by Gasteiger charge is 2.27. The number of hydrogen-bond acceptors (Lipinski definition) is 3. The number of aromatic nitrogens is 1. The van der Waals surface area contributed by atoms with Gasteiger partial charge in [-0.2, -0.15) is 4.31 Å². The number of sulfonamides is 1. The second kappa shape index (κ2) is 5.40. The Morgan fingerprint density at radius 1 is 1.09 bits per heavy atom. The van der Waals surface area contributed by atoms with Crippen molar-refractivity contribution in [1.82, 2.24) is 13.8 Å². The number of aryl methyl sites for hydroxylation is 1. The number of nitrogens with zero attached hydrogens (tertiary/aromatic N) is 3. The lowest BCUT2D eigenvalue weighted by atomic mass is 10.1. The van der Waals surface area contributed by atoms with Crippen LogP contribution in [0.15, 0.2) is 30.5 Å². The van der Waals surface area contributed by atoms with Crippen molar-refractivity contribution in [3.05, 3.63) is 36.0 Å². The molecule has 1 saturated heterocycles. The Morgan fingerprint density at radius 2 is 1.73 bits per heavy atom. The molecule has 1 aromatic carbocycles. The number of fused-ring (bicyclic) bond motifs is 1. The summed E-state index contributed by atoms with van der Waals surface area (Å²) in [6, 6.07) is 7.78. The van der Waals surface area contributed by atoms with Gasteiger partial charge in [0.25, 0.3) is 5.91 Å². The lowest BCUT2D eigenvalue weighted by molar-refractivity contribution is 0.0700. The fourth-order valence-corrected chi connectivity index (χ4v) is 3.73. The summed E-state index contributed by atoms with van der Waals surface area (Å²) >= 11 is 0. The summed E-state index contributed by atoms with van der Waals surface area (Å²) in [6.07, 6.45) is 3.05. The molecule has 1 aliphatic heterocycles. The molecule has 7 heteroatoms. The molecule has 0 N–H and O–H groups in total. The Labute approximate surface area is 130 Å². The Kier molecular flexibility index (Phi) is 3.70. The summed E-state index contributed by atoms with van der Waals surface area (Å²) in [5, 5.41) is 0.931. The van der Waals surface area contributed by atoms with E-state index in [9.17, 15) is 13.2 Å². The van der Waals surface area contributed by atoms with Crippen LogP contribution < -0.4 is 0 Å². The van der Waals surface area contributed by atoms with Gasteiger partial charge in [0.05, 0.1) is 11.8 Å². The van der Waals surface area contributed by atoms with Gasteiger partial charge in [0.2, 0.25) is 10.0 Å². The number of hydrogen-bond donors (Lipinski definition) is 0. The molecule has 22 heavy (non-hydrogen) atoms. The van der Waals surface area contributed by atoms with Crippen molar-refractivity contribution < 1.29 is 13.2 Å². The van der Waals surface area contributed by atoms with Crippen LogP contribution in [0.2, 0.25) is 0 Å². The van der Waals surface area contributed by atoms with Crippen molar-refractivity contribution in [2.75, 3.05) is 32.4 Å². The van der Waals surface area contributed by atoms with Crippen LogP contribution in [-0.4, -0.2) is 60.5 Å². The topological polar surface area (TPSA) is 62.6 Å². The largest absolute Gasteiger partial charge is 0.350 e. The molecule has 0 aliphatic carbocycles. The molecule has 2 aromatic rings. The highest BCUT2D eigenvalue weighted by atomic mass is 32.2. The fourth-order valence-electron chi connectivity index (χ4n) is 2.91. The van der Waals surface area contributed by atoms with E-state index in [1.807, 2.05) is 42.1 Å². The van der Waals surface area contributed by atoms with Gasteiger partial charge < -0.3 is 9.47 Å². The number of rotatable bonds is 2. The van der Waals surface area contributed by atoms with E-state index in [4.69, 9.17) is 0 Å². The van der Waals surface area contributed by atoms with Crippen molar-refractivity contribution in [2.45, 2.75) is 0 Å². The van der Waals surface area contributed by atoms with Crippen LogP contribution in [0.3, 0.4) is 0 Å². The molecule has 118 valence electrons. The average Bonchev–Trinajstić information content (AvgIpc) is 2.83. The van der Waals surface area contributed by atoms with Crippen LogP contribution in [0.25, 0.3) is 10.9 Å². The Morgan fingerprint density at radius 3 is 2.36 bits per heavy atom. The third-order valence-corrected chi connectivity index (χ3v) is 5.43. The minimum atomic E-state index is -3.18. The second-order valence-electron chi connectivity index (χ2n) is 5.63. The summed E-state index contributed by atoms with van der Waals surface area (Å²) in [4.78, 5) is 14.5. The fraction of sp³-hybridized carbons (Fsp3) is 0.400. The van der Waals surface area contributed by atoms with Crippen LogP contribution in [0.4, 0.5) is 0 Å². The standard InChI is InChI=1S/C15H19N3O3S/c1-16-11-13(12-5-3-4-6-14(12)16)15(19)17-7-9-18(10-8-17)22(2,20)21/h3-6,11H,7-10H2,1-2H3. The number of amides is 1. The van der Waals surface area contributed by atoms with E-state index in [0.29, 0.717) is 31.7 Å². The van der Waals surface area contributed by atoms with Crippen molar-refractivity contribution in [1.29, 1.82) is 0 Å². The molecule has 1 fully saturated rings. The first-order chi connectivity index (χ1) is 10.4. The molecule has 1 aliphatic rings. The summed E-state index contributed by atoms with van der Waals surface area (Å²) < 4.78 is 26.4. The molecular weight excluding hydrogens is 302 g/mol. The Bertz CT molecular complexity index is 818. The number of benzene rings is 1. The minimum Gasteiger partial charge on any atom is -0.350 e. The third kappa shape index (κ3) is 2.62. The smallest absolute Gasteiger partial charge is 0.256 e. The van der Waals surface area contributed by atoms with E-state index in [1.165, 1.54) is 10.6 Å². The predicted octanol–water partition coefficient (Wildman–Crippen LogP) is 0.896. The lowest BCUT2D eigenvalue weighted by Gasteiger charge is -2.33. The maximum Gasteiger partial charge on any atom is 0.256 e. The van der Waals surface area contributed by atoms with Crippen molar-refractivity contribution in [3.8, 4) is 0 Å². The average molecular weight is 321 g/mol. The number of carbonyl (C=O) groups excluding carboxylic acids is 1. The van der Waals surface area contributed by atoms with Gasteiger partial charge in [0.1, 0.15) is 0 Å². The van der Waals surface area contributed by atoms with Crippen molar-refractivity contribution in [3.63, 3.8) is 0 Å². The van der Waals surface area contributed by atoms with Crippen molar-refractivity contribution >= 4 is 26.8 Å². The molecule has 0 unspecified atom stereocenters. The van der Waals surface area contributed by atoms with Crippen LogP contribution in [0.5, 0.6) is 0 Å². The van der Waals surface area contributed by atoms with Crippen LogP contribution >= 0.6 is 0 Å². The van der Waals surface area contributed by atoms with Gasteiger partial charge >= 0.3 is 0 Å². The van der Waals surface area contributed by atoms with Crippen LogP contribution in [0.1, 0.15) is 10.4 Å². The molecular formula is C15H19N3O3S. The quantitative estimate of drug-likeness (QED) is 0.825. The lowest BCUT2D eigenvalue weighted by Crippen LogP contribution is -2.50. The molecule has 0 saturated carbocycles. The minimum absolute atomic E-state index is 0.0371. The summed E-state index contributed by atoms with van der Waals surface area (Å²) in [6.45, 7) is 1.56. The first-order valence-corrected chi connectivity index (χ1v) is 9.01. The maximum atomic E-state index is 12.7. The molecule has 0 radical (unpaired) electrons. The van der Waals surface area contributed by atoms with Crippen molar-refractivity contribution in [2.24, 2.45) is 7.05 Å². The van der Waals surface area contributed by atoms with E-state index in [0.717, 1.165) is 10.9 Å². The molecule has 2 heterocycles. The van der Waals surface area contributed by atoms with Gasteiger partial charge in [0.15, 0.2) is 0 Å². The molecule has 1 aromatic heterocycles. The van der Waals surface area contributed by atoms with E-state index >= 15 is 0 Å². The second-order valence-corrected chi connectivity index (χ2v) is 7.61. The summed E-state index contributed by atoms with van der Waals surface area (Å²) in [7, 11) is -1.26. The van der Waals surface area contributed by atoms with Gasteiger partial charge in [0, 0.05) is 50.3 Å². The summed E-state index contributed by atoms with van der Waals surface area (Å²) in [5.74, 6) is -0.0371. The Balaban J connectivity index is 1.83. The maximum absolute atomic E-state index is 12.7.